The SMILES string of the molecule is Cc1ccc(C[N+]23CCC(C(O)(c4ccccc4)c4ccccc4)(CC2)CC3)cc1.[Br-]. The molecule has 6 rings (SSSR count). The van der Waals surface area contributed by atoms with Crippen LogP contribution in [0.1, 0.15) is 41.5 Å². The summed E-state index contributed by atoms with van der Waals surface area (Å²) in [4.78, 5) is 0. The van der Waals surface area contributed by atoms with Gasteiger partial charge in [-0.2, -0.15) is 0 Å². The van der Waals surface area contributed by atoms with Gasteiger partial charge in [0.2, 0.25) is 0 Å². The fraction of sp³-hybridized carbons (Fsp3) is 0.357. The third-order valence-corrected chi connectivity index (χ3v) is 7.98. The molecule has 3 aromatic carbocycles. The number of hydrogen-bond donors (Lipinski definition) is 1. The lowest BCUT2D eigenvalue weighted by molar-refractivity contribution is -0.958. The van der Waals surface area contributed by atoms with E-state index in [1.807, 2.05) is 12.1 Å². The molecule has 3 saturated heterocycles. The van der Waals surface area contributed by atoms with Crippen molar-refractivity contribution in [2.45, 2.75) is 38.3 Å². The van der Waals surface area contributed by atoms with Crippen molar-refractivity contribution in [2.75, 3.05) is 19.6 Å². The fourth-order valence-electron chi connectivity index (χ4n) is 6.06. The monoisotopic (exact) mass is 477 g/mol. The fourth-order valence-corrected chi connectivity index (χ4v) is 6.06. The van der Waals surface area contributed by atoms with Crippen LogP contribution in [0.15, 0.2) is 84.9 Å². The second kappa shape index (κ2) is 8.54. The molecule has 3 heteroatoms. The van der Waals surface area contributed by atoms with E-state index < -0.39 is 5.60 Å². The first-order chi connectivity index (χ1) is 14.6. The lowest BCUT2D eigenvalue weighted by atomic mass is 9.56. The summed E-state index contributed by atoms with van der Waals surface area (Å²) in [6.45, 7) is 6.72. The number of aliphatic hydroxyl groups is 1. The summed E-state index contributed by atoms with van der Waals surface area (Å²) in [5, 5.41) is 12.5. The topological polar surface area (TPSA) is 20.2 Å². The molecule has 3 fully saturated rings. The van der Waals surface area contributed by atoms with Gasteiger partial charge in [0.25, 0.3) is 0 Å². The standard InChI is InChI=1S/C28H32NO.BrH/c1-23-12-14-24(15-13-23)22-29-19-16-27(17-20-29,18-21-29)28(30,25-8-4-2-5-9-25)26-10-6-3-7-11-26;/h2-15,30H,16-22H2,1H3;1H/q+1;/p-1. The van der Waals surface area contributed by atoms with Gasteiger partial charge in [0.1, 0.15) is 12.1 Å². The minimum atomic E-state index is -0.935. The van der Waals surface area contributed by atoms with Crippen molar-refractivity contribution in [3.05, 3.63) is 107 Å². The molecule has 2 nitrogen and oxygen atoms in total. The molecule has 3 aliphatic heterocycles. The Balaban J connectivity index is 0.00000231. The van der Waals surface area contributed by atoms with E-state index in [-0.39, 0.29) is 22.4 Å². The number of nitrogens with zero attached hydrogens (tertiary/aromatic N) is 1. The number of rotatable bonds is 5. The van der Waals surface area contributed by atoms with Crippen LogP contribution >= 0.6 is 0 Å². The van der Waals surface area contributed by atoms with Crippen LogP contribution in [0.25, 0.3) is 0 Å². The van der Waals surface area contributed by atoms with E-state index in [9.17, 15) is 5.11 Å². The average molecular weight is 478 g/mol. The van der Waals surface area contributed by atoms with Gasteiger partial charge in [-0.05, 0) is 18.1 Å². The van der Waals surface area contributed by atoms with E-state index >= 15 is 0 Å². The maximum atomic E-state index is 12.5. The largest absolute Gasteiger partial charge is 1.00 e. The second-order valence-corrected chi connectivity index (χ2v) is 9.63. The van der Waals surface area contributed by atoms with Gasteiger partial charge in [-0.25, -0.2) is 0 Å². The number of benzene rings is 3. The van der Waals surface area contributed by atoms with E-state index in [0.717, 1.165) is 56.6 Å². The lowest BCUT2D eigenvalue weighted by Crippen LogP contribution is -3.00. The van der Waals surface area contributed by atoms with Crippen LogP contribution in [0, 0.1) is 12.3 Å². The van der Waals surface area contributed by atoms with Crippen LogP contribution in [0.5, 0.6) is 0 Å². The smallest absolute Gasteiger partial charge is 0.121 e. The van der Waals surface area contributed by atoms with E-state index in [2.05, 4.69) is 79.7 Å². The molecule has 0 saturated carbocycles. The summed E-state index contributed by atoms with van der Waals surface area (Å²) >= 11 is 0. The van der Waals surface area contributed by atoms with Crippen molar-refractivity contribution in [1.82, 2.24) is 0 Å². The van der Waals surface area contributed by atoms with Crippen LogP contribution in [0.3, 0.4) is 0 Å². The third-order valence-electron chi connectivity index (χ3n) is 7.98. The number of fused-ring (bicyclic) bond motifs is 3. The lowest BCUT2D eigenvalue weighted by Gasteiger charge is -2.60. The van der Waals surface area contributed by atoms with Gasteiger partial charge >= 0.3 is 0 Å². The first-order valence-electron chi connectivity index (χ1n) is 11.3. The average Bonchev–Trinajstić information content (AvgIpc) is 2.82. The summed E-state index contributed by atoms with van der Waals surface area (Å²) in [5.41, 5.74) is 3.81. The Kier molecular flexibility index (Phi) is 6.13. The highest BCUT2D eigenvalue weighted by atomic mass is 79.9. The van der Waals surface area contributed by atoms with Crippen LogP contribution in [-0.2, 0) is 12.1 Å². The van der Waals surface area contributed by atoms with Crippen molar-refractivity contribution >= 4 is 0 Å². The number of piperidine rings is 3. The minimum Gasteiger partial charge on any atom is -1.00 e. The summed E-state index contributed by atoms with van der Waals surface area (Å²) in [5.74, 6) is 0. The highest BCUT2D eigenvalue weighted by Crippen LogP contribution is 2.57. The summed E-state index contributed by atoms with van der Waals surface area (Å²) < 4.78 is 1.17. The molecule has 3 aromatic rings. The minimum absolute atomic E-state index is 0. The maximum Gasteiger partial charge on any atom is 0.121 e. The number of halogens is 1. The highest BCUT2D eigenvalue weighted by molar-refractivity contribution is 5.39. The third kappa shape index (κ3) is 3.77. The Hall–Kier alpha value is -1.94. The normalized spacial score (nSPS) is 25.1. The van der Waals surface area contributed by atoms with Crippen LogP contribution in [0.2, 0.25) is 0 Å². The molecule has 0 amide bonds. The number of aryl methyl sites for hydroxylation is 1. The van der Waals surface area contributed by atoms with Crippen molar-refractivity contribution in [1.29, 1.82) is 0 Å². The summed E-state index contributed by atoms with van der Waals surface area (Å²) in [6, 6.07) is 29.8. The zero-order valence-electron chi connectivity index (χ0n) is 18.3. The molecule has 3 aliphatic rings. The zero-order chi connectivity index (χ0) is 20.7. The van der Waals surface area contributed by atoms with Gasteiger partial charge in [0.15, 0.2) is 0 Å². The van der Waals surface area contributed by atoms with Crippen molar-refractivity contribution < 1.29 is 26.6 Å². The molecule has 0 spiro atoms. The first-order valence-corrected chi connectivity index (χ1v) is 11.3. The molecule has 0 aromatic heterocycles. The number of quaternary nitrogens is 1. The predicted molar refractivity (Wildman–Crippen MR) is 122 cm³/mol. The Morgan fingerprint density at radius 1 is 0.742 bits per heavy atom. The van der Waals surface area contributed by atoms with E-state index in [1.165, 1.54) is 15.6 Å². The number of hydrogen-bond acceptors (Lipinski definition) is 1. The highest BCUT2D eigenvalue weighted by Gasteiger charge is 2.60. The quantitative estimate of drug-likeness (QED) is 0.559. The van der Waals surface area contributed by atoms with E-state index in [1.54, 1.807) is 0 Å². The van der Waals surface area contributed by atoms with Crippen LogP contribution in [0.4, 0.5) is 0 Å². The van der Waals surface area contributed by atoms with Gasteiger partial charge in [-0.15, -0.1) is 0 Å². The molecule has 0 radical (unpaired) electrons. The summed E-state index contributed by atoms with van der Waals surface area (Å²) in [7, 11) is 0. The molecule has 2 bridgehead atoms. The molecule has 31 heavy (non-hydrogen) atoms. The van der Waals surface area contributed by atoms with Crippen molar-refractivity contribution in [3.63, 3.8) is 0 Å². The van der Waals surface area contributed by atoms with Crippen molar-refractivity contribution in [3.8, 4) is 0 Å². The van der Waals surface area contributed by atoms with Gasteiger partial charge in [-0.3, -0.25) is 0 Å². The van der Waals surface area contributed by atoms with E-state index in [0.29, 0.717) is 0 Å². The second-order valence-electron chi connectivity index (χ2n) is 9.63. The van der Waals surface area contributed by atoms with Gasteiger partial charge in [0, 0.05) is 30.2 Å². The molecule has 1 N–H and O–H groups in total. The van der Waals surface area contributed by atoms with Gasteiger partial charge in [0.05, 0.1) is 19.6 Å². The molecular formula is C28H32BrNO. The molecular weight excluding hydrogens is 446 g/mol. The van der Waals surface area contributed by atoms with Crippen molar-refractivity contribution in [2.24, 2.45) is 5.41 Å². The van der Waals surface area contributed by atoms with E-state index in [4.69, 9.17) is 0 Å². The van der Waals surface area contributed by atoms with Crippen LogP contribution in [-0.4, -0.2) is 29.2 Å². The summed E-state index contributed by atoms with van der Waals surface area (Å²) in [6.07, 6.45) is 3.21. The molecule has 3 heterocycles. The Morgan fingerprint density at radius 2 is 1.19 bits per heavy atom. The zero-order valence-corrected chi connectivity index (χ0v) is 19.9. The molecule has 0 aliphatic carbocycles. The Bertz CT molecular complexity index is 936. The molecule has 162 valence electrons. The molecule has 0 unspecified atom stereocenters. The predicted octanol–water partition coefficient (Wildman–Crippen LogP) is 2.44. The Labute approximate surface area is 196 Å². The first kappa shape index (κ1) is 22.3. The Morgan fingerprint density at radius 3 is 1.65 bits per heavy atom. The van der Waals surface area contributed by atoms with Gasteiger partial charge in [-0.1, -0.05) is 90.5 Å². The molecule has 0 atom stereocenters. The van der Waals surface area contributed by atoms with Crippen LogP contribution < -0.4 is 17.0 Å². The van der Waals surface area contributed by atoms with Gasteiger partial charge < -0.3 is 26.6 Å². The maximum absolute atomic E-state index is 12.5.